The van der Waals surface area contributed by atoms with Crippen LogP contribution >= 0.6 is 11.8 Å². The summed E-state index contributed by atoms with van der Waals surface area (Å²) in [5.41, 5.74) is 0.593. The molecular weight excluding hydrogens is 412 g/mol. The summed E-state index contributed by atoms with van der Waals surface area (Å²) < 4.78 is 28.4. The van der Waals surface area contributed by atoms with Crippen molar-refractivity contribution >= 4 is 38.4 Å². The Morgan fingerprint density at radius 1 is 1.07 bits per heavy atom. The molecular formula is C20H24N2O5S2. The highest BCUT2D eigenvalue weighted by Crippen LogP contribution is 2.28. The Morgan fingerprint density at radius 2 is 1.72 bits per heavy atom. The first-order valence-electron chi connectivity index (χ1n) is 8.88. The lowest BCUT2D eigenvalue weighted by molar-refractivity contribution is -0.116. The second-order valence-corrected chi connectivity index (χ2v) is 9.51. The van der Waals surface area contributed by atoms with E-state index in [0.717, 1.165) is 18.0 Å². The third-order valence-electron chi connectivity index (χ3n) is 3.79. The zero-order valence-electron chi connectivity index (χ0n) is 16.5. The van der Waals surface area contributed by atoms with Crippen molar-refractivity contribution in [1.29, 1.82) is 0 Å². The molecule has 0 aliphatic rings. The van der Waals surface area contributed by atoms with E-state index in [4.69, 9.17) is 4.74 Å². The summed E-state index contributed by atoms with van der Waals surface area (Å²) in [4.78, 5) is 26.5. The minimum absolute atomic E-state index is 0.123. The molecule has 0 spiro atoms. The van der Waals surface area contributed by atoms with Gasteiger partial charge < -0.3 is 15.0 Å². The van der Waals surface area contributed by atoms with Gasteiger partial charge in [-0.05, 0) is 54.6 Å². The van der Waals surface area contributed by atoms with Gasteiger partial charge >= 0.3 is 0 Å². The topological polar surface area (TPSA) is 92.8 Å². The van der Waals surface area contributed by atoms with Gasteiger partial charge in [-0.2, -0.15) is 0 Å². The van der Waals surface area contributed by atoms with Crippen molar-refractivity contribution in [3.05, 3.63) is 48.5 Å². The molecule has 2 amide bonds. The molecule has 0 radical (unpaired) electrons. The summed E-state index contributed by atoms with van der Waals surface area (Å²) in [6.07, 6.45) is 1.89. The highest BCUT2D eigenvalue weighted by molar-refractivity contribution is 8.13. The Hall–Kier alpha value is -2.52. The molecule has 0 saturated carbocycles. The Bertz CT molecular complexity index is 957. The standard InChI is InChI=1S/C20H24N2O5S2/c1-22(2)20(24)28-18-8-5-4-7-17(18)21-19(23)9-6-14-27-15-10-12-16(13-11-15)29(3,25)26/h4-5,7-8,10-13H,6,9,14H2,1-3H3,(H,21,23). The van der Waals surface area contributed by atoms with Gasteiger partial charge in [0.2, 0.25) is 5.91 Å². The molecule has 0 aliphatic carbocycles. The number of ether oxygens (including phenoxy) is 1. The van der Waals surface area contributed by atoms with Crippen molar-refractivity contribution in [2.45, 2.75) is 22.6 Å². The largest absolute Gasteiger partial charge is 0.494 e. The summed E-state index contributed by atoms with van der Waals surface area (Å²) >= 11 is 1.05. The van der Waals surface area contributed by atoms with Crippen molar-refractivity contribution in [2.75, 3.05) is 32.3 Å². The SMILES string of the molecule is CN(C)C(=O)Sc1ccccc1NC(=O)CCCOc1ccc(S(C)(=O)=O)cc1. The third kappa shape index (κ3) is 7.43. The number of carbonyl (C=O) groups is 2. The van der Waals surface area contributed by atoms with Gasteiger partial charge in [0.15, 0.2) is 9.84 Å². The Kier molecular flexibility index (Phi) is 8.10. The molecule has 9 heteroatoms. The maximum absolute atomic E-state index is 12.2. The number of sulfone groups is 1. The fraction of sp³-hybridized carbons (Fsp3) is 0.300. The number of amides is 2. The summed E-state index contributed by atoms with van der Waals surface area (Å²) in [6, 6.07) is 13.3. The average molecular weight is 437 g/mol. The van der Waals surface area contributed by atoms with Crippen molar-refractivity contribution in [2.24, 2.45) is 0 Å². The van der Waals surface area contributed by atoms with E-state index in [1.165, 1.54) is 17.0 Å². The van der Waals surface area contributed by atoms with Crippen LogP contribution < -0.4 is 10.1 Å². The fourth-order valence-electron chi connectivity index (χ4n) is 2.26. The summed E-state index contributed by atoms with van der Waals surface area (Å²) in [5, 5.41) is 2.70. The van der Waals surface area contributed by atoms with Gasteiger partial charge in [0, 0.05) is 31.7 Å². The zero-order valence-corrected chi connectivity index (χ0v) is 18.2. The number of para-hydroxylation sites is 1. The molecule has 0 aliphatic heterocycles. The van der Waals surface area contributed by atoms with Crippen LogP contribution in [-0.2, 0) is 14.6 Å². The molecule has 29 heavy (non-hydrogen) atoms. The molecule has 0 aromatic heterocycles. The average Bonchev–Trinajstić information content (AvgIpc) is 2.66. The van der Waals surface area contributed by atoms with Gasteiger partial charge in [0.25, 0.3) is 5.24 Å². The van der Waals surface area contributed by atoms with E-state index in [1.54, 1.807) is 44.4 Å². The number of anilines is 1. The number of nitrogens with one attached hydrogen (secondary N) is 1. The van der Waals surface area contributed by atoms with Gasteiger partial charge in [0.05, 0.1) is 17.2 Å². The van der Waals surface area contributed by atoms with Crippen LogP contribution in [0.3, 0.4) is 0 Å². The van der Waals surface area contributed by atoms with E-state index in [0.29, 0.717) is 29.4 Å². The normalized spacial score (nSPS) is 11.0. The maximum atomic E-state index is 12.2. The molecule has 7 nitrogen and oxygen atoms in total. The quantitative estimate of drug-likeness (QED) is 0.501. The van der Waals surface area contributed by atoms with E-state index >= 15 is 0 Å². The van der Waals surface area contributed by atoms with Crippen LogP contribution in [0.5, 0.6) is 5.75 Å². The van der Waals surface area contributed by atoms with E-state index in [1.807, 2.05) is 6.07 Å². The summed E-state index contributed by atoms with van der Waals surface area (Å²) in [6.45, 7) is 0.321. The van der Waals surface area contributed by atoms with Crippen molar-refractivity contribution < 1.29 is 22.7 Å². The summed E-state index contributed by atoms with van der Waals surface area (Å²) in [5.74, 6) is 0.369. The van der Waals surface area contributed by atoms with E-state index in [2.05, 4.69) is 5.32 Å². The molecule has 156 valence electrons. The van der Waals surface area contributed by atoms with Gasteiger partial charge in [-0.1, -0.05) is 12.1 Å². The second kappa shape index (κ2) is 10.3. The number of nitrogens with zero attached hydrogens (tertiary/aromatic N) is 1. The van der Waals surface area contributed by atoms with Crippen LogP contribution in [0, 0.1) is 0 Å². The third-order valence-corrected chi connectivity index (χ3v) is 6.04. The first-order valence-corrected chi connectivity index (χ1v) is 11.6. The van der Waals surface area contributed by atoms with Gasteiger partial charge in [-0.3, -0.25) is 9.59 Å². The molecule has 0 atom stereocenters. The minimum Gasteiger partial charge on any atom is -0.494 e. The number of hydrogen-bond donors (Lipinski definition) is 1. The van der Waals surface area contributed by atoms with Crippen molar-refractivity contribution in [3.8, 4) is 5.75 Å². The highest BCUT2D eigenvalue weighted by atomic mass is 32.2. The summed E-state index contributed by atoms with van der Waals surface area (Å²) in [7, 11) is 0.108. The highest BCUT2D eigenvalue weighted by Gasteiger charge is 2.12. The molecule has 2 rings (SSSR count). The number of benzene rings is 2. The minimum atomic E-state index is -3.24. The van der Waals surface area contributed by atoms with Crippen LogP contribution in [0.4, 0.5) is 10.5 Å². The van der Waals surface area contributed by atoms with Gasteiger partial charge in [0.1, 0.15) is 5.75 Å². The lowest BCUT2D eigenvalue weighted by Gasteiger charge is -2.13. The van der Waals surface area contributed by atoms with Gasteiger partial charge in [-0.15, -0.1) is 0 Å². The number of rotatable bonds is 8. The van der Waals surface area contributed by atoms with Crippen LogP contribution in [-0.4, -0.2) is 51.4 Å². The number of thioether (sulfide) groups is 1. The molecule has 0 bridgehead atoms. The van der Waals surface area contributed by atoms with E-state index in [9.17, 15) is 18.0 Å². The molecule has 0 saturated heterocycles. The van der Waals surface area contributed by atoms with Crippen LogP contribution in [0.1, 0.15) is 12.8 Å². The van der Waals surface area contributed by atoms with Crippen LogP contribution in [0.25, 0.3) is 0 Å². The second-order valence-electron chi connectivity index (χ2n) is 6.50. The first kappa shape index (κ1) is 22.8. The Labute approximate surface area is 175 Å². The predicted molar refractivity (Wildman–Crippen MR) is 114 cm³/mol. The van der Waals surface area contributed by atoms with Gasteiger partial charge in [-0.25, -0.2) is 8.42 Å². The lowest BCUT2D eigenvalue weighted by Crippen LogP contribution is -2.17. The van der Waals surface area contributed by atoms with Crippen LogP contribution in [0.2, 0.25) is 0 Å². The number of carbonyl (C=O) groups excluding carboxylic acids is 2. The smallest absolute Gasteiger partial charge is 0.286 e. The first-order chi connectivity index (χ1) is 13.7. The van der Waals surface area contributed by atoms with Crippen molar-refractivity contribution in [1.82, 2.24) is 4.90 Å². The molecule has 0 heterocycles. The molecule has 0 unspecified atom stereocenters. The molecule has 0 fully saturated rings. The van der Waals surface area contributed by atoms with Crippen molar-refractivity contribution in [3.63, 3.8) is 0 Å². The predicted octanol–water partition coefficient (Wildman–Crippen LogP) is 3.66. The monoisotopic (exact) mass is 436 g/mol. The zero-order chi connectivity index (χ0) is 21.4. The maximum Gasteiger partial charge on any atom is 0.286 e. The molecule has 1 N–H and O–H groups in total. The Balaban J connectivity index is 1.81. The van der Waals surface area contributed by atoms with Crippen LogP contribution in [0.15, 0.2) is 58.3 Å². The Morgan fingerprint density at radius 3 is 2.34 bits per heavy atom. The molecule has 2 aromatic rings. The van der Waals surface area contributed by atoms with E-state index < -0.39 is 9.84 Å². The molecule has 2 aromatic carbocycles. The fourth-order valence-corrected chi connectivity index (χ4v) is 3.64. The lowest BCUT2D eigenvalue weighted by atomic mass is 10.2. The number of hydrogen-bond acceptors (Lipinski definition) is 6. The van der Waals surface area contributed by atoms with E-state index in [-0.39, 0.29) is 22.5 Å².